The van der Waals surface area contributed by atoms with Crippen LogP contribution in [0.25, 0.3) is 0 Å². The summed E-state index contributed by atoms with van der Waals surface area (Å²) in [5.74, 6) is 0.609. The molecule has 0 amide bonds. The fraction of sp³-hybridized carbons (Fsp3) is 0.333. The maximum Gasteiger partial charge on any atom is 0.0500 e. The molecular formula is C18H21BrClN. The van der Waals surface area contributed by atoms with Crippen LogP contribution in [0.3, 0.4) is 0 Å². The Balaban J connectivity index is 2.10. The van der Waals surface area contributed by atoms with E-state index in [1.807, 2.05) is 12.1 Å². The number of hydrogen-bond acceptors (Lipinski definition) is 1. The Morgan fingerprint density at radius 2 is 1.76 bits per heavy atom. The van der Waals surface area contributed by atoms with Gasteiger partial charge in [-0.15, -0.1) is 0 Å². The zero-order valence-corrected chi connectivity index (χ0v) is 15.0. The van der Waals surface area contributed by atoms with Gasteiger partial charge in [0, 0.05) is 21.2 Å². The summed E-state index contributed by atoms with van der Waals surface area (Å²) in [6.45, 7) is 6.60. The molecule has 0 aliphatic heterocycles. The van der Waals surface area contributed by atoms with Gasteiger partial charge in [0.05, 0.1) is 0 Å². The van der Waals surface area contributed by atoms with Crippen LogP contribution in [0.4, 0.5) is 5.69 Å². The maximum atomic E-state index is 6.31. The van der Waals surface area contributed by atoms with Crippen molar-refractivity contribution in [3.63, 3.8) is 0 Å². The second-order valence-corrected chi connectivity index (χ2v) is 6.79. The summed E-state index contributed by atoms with van der Waals surface area (Å²) in [5, 5.41) is 4.28. The van der Waals surface area contributed by atoms with Gasteiger partial charge in [0.1, 0.15) is 0 Å². The molecule has 1 N–H and O–H groups in total. The molecule has 2 unspecified atom stereocenters. The summed E-state index contributed by atoms with van der Waals surface area (Å²) in [4.78, 5) is 0. The summed E-state index contributed by atoms with van der Waals surface area (Å²) in [5.41, 5.74) is 3.61. The van der Waals surface area contributed by atoms with Crippen molar-refractivity contribution in [2.24, 2.45) is 0 Å². The van der Waals surface area contributed by atoms with Gasteiger partial charge in [-0.1, -0.05) is 59.6 Å². The summed E-state index contributed by atoms with van der Waals surface area (Å²) < 4.78 is 1.00. The van der Waals surface area contributed by atoms with E-state index in [2.05, 4.69) is 72.3 Å². The number of hydrogen-bond donors (Lipinski definition) is 1. The van der Waals surface area contributed by atoms with Crippen molar-refractivity contribution in [3.8, 4) is 0 Å². The van der Waals surface area contributed by atoms with E-state index in [0.717, 1.165) is 27.2 Å². The molecule has 0 aromatic heterocycles. The van der Waals surface area contributed by atoms with Crippen molar-refractivity contribution in [1.82, 2.24) is 0 Å². The van der Waals surface area contributed by atoms with Crippen molar-refractivity contribution in [2.75, 3.05) is 5.32 Å². The van der Waals surface area contributed by atoms with Gasteiger partial charge in [0.25, 0.3) is 0 Å². The molecule has 0 bridgehead atoms. The van der Waals surface area contributed by atoms with Crippen LogP contribution < -0.4 is 5.32 Å². The molecule has 2 aromatic rings. The molecule has 0 aliphatic rings. The largest absolute Gasteiger partial charge is 0.378 e. The van der Waals surface area contributed by atoms with Gasteiger partial charge < -0.3 is 5.32 Å². The number of anilines is 1. The lowest BCUT2D eigenvalue weighted by atomic mass is 9.98. The molecule has 112 valence electrons. The Bertz CT molecular complexity index is 595. The lowest BCUT2D eigenvalue weighted by Gasteiger charge is -2.18. The second-order valence-electron chi connectivity index (χ2n) is 5.46. The molecule has 2 atom stereocenters. The third-order valence-corrected chi connectivity index (χ3v) is 4.72. The number of rotatable bonds is 5. The lowest BCUT2D eigenvalue weighted by Crippen LogP contribution is -2.07. The van der Waals surface area contributed by atoms with Gasteiger partial charge in [0.2, 0.25) is 0 Å². The SMILES string of the molecule is CCC(C)c1ccc(NC(C)c2ccc(Br)cc2Cl)cc1. The molecule has 0 fully saturated rings. The first-order chi connectivity index (χ1) is 10.0. The molecule has 0 saturated carbocycles. The third kappa shape index (κ3) is 4.24. The van der Waals surface area contributed by atoms with Crippen LogP contribution >= 0.6 is 27.5 Å². The van der Waals surface area contributed by atoms with Crippen LogP contribution in [0, 0.1) is 0 Å². The first kappa shape index (κ1) is 16.4. The highest BCUT2D eigenvalue weighted by Gasteiger charge is 2.10. The Morgan fingerprint density at radius 1 is 1.10 bits per heavy atom. The highest BCUT2D eigenvalue weighted by Crippen LogP contribution is 2.29. The monoisotopic (exact) mass is 365 g/mol. The van der Waals surface area contributed by atoms with E-state index >= 15 is 0 Å². The second kappa shape index (κ2) is 7.33. The van der Waals surface area contributed by atoms with Crippen LogP contribution in [0.1, 0.15) is 50.3 Å². The fourth-order valence-corrected chi connectivity index (χ4v) is 3.16. The van der Waals surface area contributed by atoms with E-state index in [1.54, 1.807) is 0 Å². The molecule has 2 rings (SSSR count). The number of nitrogens with one attached hydrogen (secondary N) is 1. The van der Waals surface area contributed by atoms with E-state index in [-0.39, 0.29) is 6.04 Å². The third-order valence-electron chi connectivity index (χ3n) is 3.90. The lowest BCUT2D eigenvalue weighted by molar-refractivity contribution is 0.733. The summed E-state index contributed by atoms with van der Waals surface area (Å²) in [6, 6.07) is 14.9. The standard InChI is InChI=1S/C18H21BrClN/c1-4-12(2)14-5-8-16(9-6-14)21-13(3)17-10-7-15(19)11-18(17)20/h5-13,21H,4H2,1-3H3. The van der Waals surface area contributed by atoms with Crippen LogP contribution in [-0.2, 0) is 0 Å². The van der Waals surface area contributed by atoms with Crippen LogP contribution in [0.2, 0.25) is 5.02 Å². The van der Waals surface area contributed by atoms with Crippen molar-refractivity contribution in [3.05, 3.63) is 63.1 Å². The fourth-order valence-electron chi connectivity index (χ4n) is 2.32. The highest BCUT2D eigenvalue weighted by atomic mass is 79.9. The topological polar surface area (TPSA) is 12.0 Å². The van der Waals surface area contributed by atoms with Crippen LogP contribution in [-0.4, -0.2) is 0 Å². The Hall–Kier alpha value is -0.990. The summed E-state index contributed by atoms with van der Waals surface area (Å²) in [6.07, 6.45) is 1.16. The average Bonchev–Trinajstić information content (AvgIpc) is 2.47. The van der Waals surface area contributed by atoms with Gasteiger partial charge in [-0.25, -0.2) is 0 Å². The molecule has 0 radical (unpaired) electrons. The van der Waals surface area contributed by atoms with Crippen molar-refractivity contribution in [2.45, 2.75) is 39.2 Å². The quantitative estimate of drug-likeness (QED) is 0.614. The zero-order valence-electron chi connectivity index (χ0n) is 12.7. The molecule has 21 heavy (non-hydrogen) atoms. The Kier molecular flexibility index (Phi) is 5.72. The normalized spacial score (nSPS) is 13.8. The average molecular weight is 367 g/mol. The van der Waals surface area contributed by atoms with E-state index in [1.165, 1.54) is 5.56 Å². The van der Waals surface area contributed by atoms with Gasteiger partial charge >= 0.3 is 0 Å². The summed E-state index contributed by atoms with van der Waals surface area (Å²) in [7, 11) is 0. The minimum atomic E-state index is 0.167. The van der Waals surface area contributed by atoms with E-state index in [9.17, 15) is 0 Å². The number of benzene rings is 2. The molecular weight excluding hydrogens is 346 g/mol. The van der Waals surface area contributed by atoms with Crippen molar-refractivity contribution >= 4 is 33.2 Å². The molecule has 0 saturated heterocycles. The van der Waals surface area contributed by atoms with Crippen LogP contribution in [0.5, 0.6) is 0 Å². The predicted octanol–water partition coefficient (Wildman–Crippen LogP) is 6.79. The minimum Gasteiger partial charge on any atom is -0.378 e. The van der Waals surface area contributed by atoms with Gasteiger partial charge in [-0.2, -0.15) is 0 Å². The molecule has 1 nitrogen and oxygen atoms in total. The summed E-state index contributed by atoms with van der Waals surface area (Å²) >= 11 is 9.74. The molecule has 0 spiro atoms. The highest BCUT2D eigenvalue weighted by molar-refractivity contribution is 9.10. The van der Waals surface area contributed by atoms with Crippen molar-refractivity contribution in [1.29, 1.82) is 0 Å². The van der Waals surface area contributed by atoms with Gasteiger partial charge in [0.15, 0.2) is 0 Å². The van der Waals surface area contributed by atoms with Gasteiger partial charge in [-0.05, 0) is 54.7 Å². The molecule has 0 aliphatic carbocycles. The Labute approximate surface area is 140 Å². The van der Waals surface area contributed by atoms with E-state index < -0.39 is 0 Å². The number of halogens is 2. The molecule has 0 heterocycles. The van der Waals surface area contributed by atoms with Crippen molar-refractivity contribution < 1.29 is 0 Å². The predicted molar refractivity (Wildman–Crippen MR) is 96.3 cm³/mol. The minimum absolute atomic E-state index is 0.167. The Morgan fingerprint density at radius 3 is 2.33 bits per heavy atom. The zero-order chi connectivity index (χ0) is 15.4. The first-order valence-electron chi connectivity index (χ1n) is 7.32. The maximum absolute atomic E-state index is 6.31. The van der Waals surface area contributed by atoms with E-state index in [4.69, 9.17) is 11.6 Å². The molecule has 2 aromatic carbocycles. The smallest absolute Gasteiger partial charge is 0.0500 e. The van der Waals surface area contributed by atoms with Crippen LogP contribution in [0.15, 0.2) is 46.9 Å². The first-order valence-corrected chi connectivity index (χ1v) is 8.49. The molecule has 3 heteroatoms. The van der Waals surface area contributed by atoms with E-state index in [0.29, 0.717) is 5.92 Å². The van der Waals surface area contributed by atoms with Gasteiger partial charge in [-0.3, -0.25) is 0 Å².